The fraction of sp³-hybridized carbons (Fsp3) is 0.385. The van der Waals surface area contributed by atoms with Gasteiger partial charge >= 0.3 is 177 Å². The first-order chi connectivity index (χ1) is 12.6. The molecule has 2 aromatic carbocycles. The molecule has 0 aromatic heterocycles. The van der Waals surface area contributed by atoms with Gasteiger partial charge in [-0.1, -0.05) is 0 Å². The maximum atomic E-state index is 2.49. The van der Waals surface area contributed by atoms with Crippen molar-refractivity contribution in [1.29, 1.82) is 0 Å². The fourth-order valence-electron chi connectivity index (χ4n) is 4.08. The van der Waals surface area contributed by atoms with E-state index in [1.807, 2.05) is 0 Å². The van der Waals surface area contributed by atoms with E-state index in [4.69, 9.17) is 0 Å². The Hall–Kier alpha value is -0.617. The number of hydrogen-bond donors (Lipinski definition) is 0. The Labute approximate surface area is 200 Å². The maximum Gasteiger partial charge on any atom is -1.00 e. The molecule has 0 saturated heterocycles. The molecular weight excluding hydrogens is 474 g/mol. The van der Waals surface area contributed by atoms with Gasteiger partial charge in [0, 0.05) is 0 Å². The van der Waals surface area contributed by atoms with E-state index < -0.39 is 23.2 Å². The Balaban J connectivity index is 0.00000150. The zero-order chi connectivity index (χ0) is 19.4. The molecule has 2 aromatic rings. The minimum absolute atomic E-state index is 0. The number of rotatable bonds is 2. The monoisotopic (exact) mass is 502 g/mol. The molecule has 0 bridgehead atoms. The van der Waals surface area contributed by atoms with Crippen molar-refractivity contribution in [3.8, 4) is 11.1 Å². The van der Waals surface area contributed by atoms with E-state index in [2.05, 4.69) is 96.2 Å². The van der Waals surface area contributed by atoms with E-state index in [1.165, 1.54) is 28.7 Å². The van der Waals surface area contributed by atoms with Gasteiger partial charge in [0.15, 0.2) is 0 Å². The number of allylic oxidation sites excluding steroid dienone is 4. The van der Waals surface area contributed by atoms with Crippen molar-refractivity contribution < 1.29 is 48.0 Å². The SMILES string of the molecule is CC(C)(C)c1ccc2c(c1)-c1cc(C(C)(C)C)ccc1[CH]2[Zr+2][C]1=CC=CC1.[Cl-].[Cl-]. The molecule has 0 fully saturated rings. The second-order valence-electron chi connectivity index (χ2n) is 10.0. The van der Waals surface area contributed by atoms with E-state index in [9.17, 15) is 0 Å². The summed E-state index contributed by atoms with van der Waals surface area (Å²) in [5.41, 5.74) is 9.44. The van der Waals surface area contributed by atoms with Crippen molar-refractivity contribution in [1.82, 2.24) is 0 Å². The van der Waals surface area contributed by atoms with E-state index in [1.54, 1.807) is 14.4 Å². The number of benzene rings is 2. The van der Waals surface area contributed by atoms with Crippen LogP contribution in [0, 0.1) is 0 Å². The molecule has 2 aliphatic rings. The van der Waals surface area contributed by atoms with Crippen LogP contribution in [0.3, 0.4) is 0 Å². The second-order valence-corrected chi connectivity index (χ2v) is 13.7. The minimum Gasteiger partial charge on any atom is -1.00 e. The summed E-state index contributed by atoms with van der Waals surface area (Å²) in [4.78, 5) is 0. The molecule has 29 heavy (non-hydrogen) atoms. The predicted molar refractivity (Wildman–Crippen MR) is 113 cm³/mol. The summed E-state index contributed by atoms with van der Waals surface area (Å²) in [6, 6.07) is 14.6. The van der Waals surface area contributed by atoms with Gasteiger partial charge in [0.05, 0.1) is 0 Å². The third-order valence-electron chi connectivity index (χ3n) is 5.85. The molecule has 4 rings (SSSR count). The van der Waals surface area contributed by atoms with Crippen LogP contribution in [-0.2, 0) is 34.1 Å². The maximum absolute atomic E-state index is 2.49. The Kier molecular flexibility index (Phi) is 7.53. The smallest absolute Gasteiger partial charge is 1.00 e. The van der Waals surface area contributed by atoms with Gasteiger partial charge in [-0.05, 0) is 0 Å². The van der Waals surface area contributed by atoms with E-state index >= 15 is 0 Å². The molecule has 0 N–H and O–H groups in total. The third-order valence-corrected chi connectivity index (χ3v) is 9.91. The normalized spacial score (nSPS) is 15.0. The van der Waals surface area contributed by atoms with Crippen LogP contribution >= 0.6 is 0 Å². The van der Waals surface area contributed by atoms with Crippen molar-refractivity contribution in [2.24, 2.45) is 0 Å². The summed E-state index contributed by atoms with van der Waals surface area (Å²) in [7, 11) is 0. The van der Waals surface area contributed by atoms with Crippen LogP contribution in [0.5, 0.6) is 0 Å². The van der Waals surface area contributed by atoms with E-state index in [-0.39, 0.29) is 35.6 Å². The van der Waals surface area contributed by atoms with E-state index in [0.29, 0.717) is 3.63 Å². The molecule has 0 radical (unpaired) electrons. The average Bonchev–Trinajstić information content (AvgIpc) is 3.20. The van der Waals surface area contributed by atoms with Crippen molar-refractivity contribution >= 4 is 0 Å². The van der Waals surface area contributed by atoms with Crippen LogP contribution in [0.2, 0.25) is 0 Å². The molecule has 0 spiro atoms. The quantitative estimate of drug-likeness (QED) is 0.579. The summed E-state index contributed by atoms with van der Waals surface area (Å²) in [5, 5.41) is 0. The molecule has 0 heterocycles. The molecular formula is C26H30Cl2Zr. The first-order valence-electron chi connectivity index (χ1n) is 10.1. The first-order valence-corrected chi connectivity index (χ1v) is 12.7. The molecule has 0 nitrogen and oxygen atoms in total. The van der Waals surface area contributed by atoms with Crippen molar-refractivity contribution in [3.05, 3.63) is 80.2 Å². The molecule has 152 valence electrons. The van der Waals surface area contributed by atoms with Crippen LogP contribution in [0.25, 0.3) is 11.1 Å². The van der Waals surface area contributed by atoms with Crippen LogP contribution in [0.4, 0.5) is 0 Å². The van der Waals surface area contributed by atoms with Crippen molar-refractivity contribution in [2.45, 2.75) is 62.4 Å². The van der Waals surface area contributed by atoms with Crippen LogP contribution < -0.4 is 24.8 Å². The van der Waals surface area contributed by atoms with Gasteiger partial charge in [-0.2, -0.15) is 0 Å². The van der Waals surface area contributed by atoms with Gasteiger partial charge in [0.1, 0.15) is 0 Å². The zero-order valence-corrected chi connectivity index (χ0v) is 22.2. The molecule has 3 heteroatoms. The Morgan fingerprint density at radius 1 is 0.759 bits per heavy atom. The largest absolute Gasteiger partial charge is 1.00 e. The molecule has 0 atom stereocenters. The van der Waals surface area contributed by atoms with Gasteiger partial charge in [-0.3, -0.25) is 0 Å². The van der Waals surface area contributed by atoms with Gasteiger partial charge in [0.25, 0.3) is 0 Å². The molecule has 0 saturated carbocycles. The molecule has 0 amide bonds. The van der Waals surface area contributed by atoms with Crippen LogP contribution in [-0.4, -0.2) is 0 Å². The third kappa shape index (κ3) is 4.84. The van der Waals surface area contributed by atoms with Gasteiger partial charge in [0.2, 0.25) is 0 Å². The van der Waals surface area contributed by atoms with E-state index in [0.717, 1.165) is 0 Å². The van der Waals surface area contributed by atoms with Gasteiger partial charge in [-0.15, -0.1) is 0 Å². The molecule has 2 aliphatic carbocycles. The number of hydrogen-bond acceptors (Lipinski definition) is 0. The topological polar surface area (TPSA) is 0 Å². The summed E-state index contributed by atoms with van der Waals surface area (Å²) >= 11 is -0.680. The Morgan fingerprint density at radius 3 is 1.62 bits per heavy atom. The average molecular weight is 505 g/mol. The second kappa shape index (κ2) is 8.86. The number of fused-ring (bicyclic) bond motifs is 3. The molecule has 0 unspecified atom stereocenters. The van der Waals surface area contributed by atoms with Gasteiger partial charge < -0.3 is 24.8 Å². The summed E-state index contributed by atoms with van der Waals surface area (Å²) in [6.45, 7) is 13.9. The standard InChI is InChI=1S/C21H25.C5H5.2ClH.Zr/c1-20(2,3)16-9-7-14-11-15-8-10-17(21(4,5)6)13-19(15)18(14)12-16;1-2-4-5-3-1;;;/h7-13H,1-6H3;1-3H,4H2;2*1H;/q;;;;+2/p-2. The van der Waals surface area contributed by atoms with Crippen LogP contribution in [0.1, 0.15) is 73.8 Å². The molecule has 0 aliphatic heterocycles. The minimum atomic E-state index is -0.680. The van der Waals surface area contributed by atoms with Crippen LogP contribution in [0.15, 0.2) is 57.9 Å². The zero-order valence-electron chi connectivity index (χ0n) is 18.2. The number of halogens is 2. The predicted octanol–water partition coefficient (Wildman–Crippen LogP) is 1.29. The van der Waals surface area contributed by atoms with Crippen molar-refractivity contribution in [3.63, 3.8) is 0 Å². The summed E-state index contributed by atoms with van der Waals surface area (Å²) < 4.78 is 2.38. The van der Waals surface area contributed by atoms with Gasteiger partial charge in [-0.25, -0.2) is 0 Å². The fourth-order valence-corrected chi connectivity index (χ4v) is 8.04. The summed E-state index contributed by atoms with van der Waals surface area (Å²) in [5.74, 6) is 0. The summed E-state index contributed by atoms with van der Waals surface area (Å²) in [6.07, 6.45) is 8.14. The Bertz CT molecular complexity index is 892. The van der Waals surface area contributed by atoms with Crippen molar-refractivity contribution in [2.75, 3.05) is 0 Å². The first kappa shape index (κ1) is 24.7. The Morgan fingerprint density at radius 2 is 1.24 bits per heavy atom.